The molecule has 0 atom stereocenters. The summed E-state index contributed by atoms with van der Waals surface area (Å²) < 4.78 is 4.70. The number of hydrogen-bond donors (Lipinski definition) is 0. The Morgan fingerprint density at radius 2 is 2.00 bits per heavy atom. The molecular formula is C13H19NO2. The second kappa shape index (κ2) is 6.28. The molecule has 0 radical (unpaired) electrons. The van der Waals surface area contributed by atoms with Crippen molar-refractivity contribution in [1.29, 1.82) is 0 Å². The molecule has 1 rings (SSSR count). The second-order valence-electron chi connectivity index (χ2n) is 3.65. The summed E-state index contributed by atoms with van der Waals surface area (Å²) in [5.41, 5.74) is 1.76. The van der Waals surface area contributed by atoms with Gasteiger partial charge in [-0.1, -0.05) is 26.0 Å². The van der Waals surface area contributed by atoms with Crippen molar-refractivity contribution in [3.8, 4) is 0 Å². The van der Waals surface area contributed by atoms with Gasteiger partial charge in [0, 0.05) is 6.54 Å². The molecule has 0 aliphatic heterocycles. The van der Waals surface area contributed by atoms with E-state index in [0.717, 1.165) is 25.2 Å². The quantitative estimate of drug-likeness (QED) is 0.715. The highest BCUT2D eigenvalue weighted by Crippen LogP contribution is 2.09. The van der Waals surface area contributed by atoms with E-state index >= 15 is 0 Å². The Morgan fingerprint density at radius 3 is 2.56 bits per heavy atom. The first-order chi connectivity index (χ1) is 7.71. The van der Waals surface area contributed by atoms with E-state index in [4.69, 9.17) is 4.74 Å². The Kier molecular flexibility index (Phi) is 4.99. The molecule has 0 saturated heterocycles. The monoisotopic (exact) mass is 221 g/mol. The first kappa shape index (κ1) is 12.7. The third kappa shape index (κ3) is 3.35. The van der Waals surface area contributed by atoms with Gasteiger partial charge >= 0.3 is 5.97 Å². The first-order valence-corrected chi connectivity index (χ1v) is 5.60. The van der Waals surface area contributed by atoms with Crippen LogP contribution in [0.1, 0.15) is 29.8 Å². The topological polar surface area (TPSA) is 29.5 Å². The lowest BCUT2D eigenvalue weighted by Crippen LogP contribution is -2.22. The van der Waals surface area contributed by atoms with Gasteiger partial charge in [0.1, 0.15) is 0 Å². The molecule has 0 fully saturated rings. The van der Waals surface area contributed by atoms with Gasteiger partial charge in [-0.3, -0.25) is 4.90 Å². The van der Waals surface area contributed by atoms with Crippen LogP contribution in [0.3, 0.4) is 0 Å². The zero-order chi connectivity index (χ0) is 12.0. The highest BCUT2D eigenvalue weighted by atomic mass is 16.5. The normalized spacial score (nSPS) is 10.5. The van der Waals surface area contributed by atoms with Crippen LogP contribution in [0.4, 0.5) is 0 Å². The molecule has 0 unspecified atom stereocenters. The fourth-order valence-corrected chi connectivity index (χ4v) is 1.62. The van der Waals surface area contributed by atoms with Crippen molar-refractivity contribution in [3.05, 3.63) is 35.4 Å². The molecule has 3 heteroatoms. The number of ether oxygens (including phenoxy) is 1. The van der Waals surface area contributed by atoms with Gasteiger partial charge in [0.2, 0.25) is 0 Å². The van der Waals surface area contributed by atoms with Gasteiger partial charge in [-0.25, -0.2) is 4.79 Å². The van der Waals surface area contributed by atoms with Gasteiger partial charge in [-0.05, 0) is 30.8 Å². The summed E-state index contributed by atoms with van der Waals surface area (Å²) in [6, 6.07) is 7.59. The smallest absolute Gasteiger partial charge is 0.337 e. The van der Waals surface area contributed by atoms with E-state index < -0.39 is 0 Å². The van der Waals surface area contributed by atoms with Crippen LogP contribution in [0.15, 0.2) is 24.3 Å². The zero-order valence-corrected chi connectivity index (χ0v) is 10.2. The molecule has 0 bridgehead atoms. The number of nitrogens with zero attached hydrogens (tertiary/aromatic N) is 1. The molecule has 0 aliphatic carbocycles. The number of benzene rings is 1. The Bertz CT molecular complexity index is 346. The number of rotatable bonds is 5. The highest BCUT2D eigenvalue weighted by Gasteiger charge is 2.07. The van der Waals surface area contributed by atoms with Crippen LogP contribution < -0.4 is 0 Å². The van der Waals surface area contributed by atoms with E-state index in [1.807, 2.05) is 18.2 Å². The third-order valence-electron chi connectivity index (χ3n) is 2.65. The lowest BCUT2D eigenvalue weighted by atomic mass is 10.1. The van der Waals surface area contributed by atoms with Crippen LogP contribution in [-0.4, -0.2) is 31.1 Å². The van der Waals surface area contributed by atoms with Crippen LogP contribution in [0.5, 0.6) is 0 Å². The predicted molar refractivity (Wildman–Crippen MR) is 64.4 cm³/mol. The maximum atomic E-state index is 11.4. The van der Waals surface area contributed by atoms with E-state index in [1.54, 1.807) is 6.07 Å². The van der Waals surface area contributed by atoms with E-state index in [2.05, 4.69) is 18.7 Å². The molecule has 1 aromatic rings. The molecule has 0 saturated carbocycles. The fourth-order valence-electron chi connectivity index (χ4n) is 1.62. The Labute approximate surface area is 97.0 Å². The van der Waals surface area contributed by atoms with Crippen LogP contribution in [0.25, 0.3) is 0 Å². The van der Waals surface area contributed by atoms with Gasteiger partial charge in [0.15, 0.2) is 0 Å². The minimum absolute atomic E-state index is 0.276. The Hall–Kier alpha value is -1.35. The van der Waals surface area contributed by atoms with Crippen molar-refractivity contribution in [2.45, 2.75) is 20.4 Å². The largest absolute Gasteiger partial charge is 0.465 e. The fraction of sp³-hybridized carbons (Fsp3) is 0.462. The molecule has 16 heavy (non-hydrogen) atoms. The van der Waals surface area contributed by atoms with E-state index in [9.17, 15) is 4.79 Å². The zero-order valence-electron chi connectivity index (χ0n) is 10.2. The molecule has 0 aromatic heterocycles. The summed E-state index contributed by atoms with van der Waals surface area (Å²) in [6.45, 7) is 7.16. The molecule has 1 aromatic carbocycles. The number of esters is 1. The summed E-state index contributed by atoms with van der Waals surface area (Å²) in [5.74, 6) is -0.276. The molecular weight excluding hydrogens is 202 g/mol. The van der Waals surface area contributed by atoms with Crippen LogP contribution in [-0.2, 0) is 11.3 Å². The number of methoxy groups -OCH3 is 1. The molecule has 0 spiro atoms. The Morgan fingerprint density at radius 1 is 1.31 bits per heavy atom. The molecule has 88 valence electrons. The van der Waals surface area contributed by atoms with Gasteiger partial charge in [0.25, 0.3) is 0 Å². The maximum Gasteiger partial charge on any atom is 0.337 e. The standard InChI is InChI=1S/C13H19NO2/c1-4-14(5-2)10-11-7-6-8-12(9-11)13(15)16-3/h6-9H,4-5,10H2,1-3H3. The summed E-state index contributed by atoms with van der Waals surface area (Å²) in [7, 11) is 1.40. The van der Waals surface area contributed by atoms with Gasteiger partial charge in [-0.2, -0.15) is 0 Å². The first-order valence-electron chi connectivity index (χ1n) is 5.60. The van der Waals surface area contributed by atoms with Crippen molar-refractivity contribution in [1.82, 2.24) is 4.90 Å². The van der Waals surface area contributed by atoms with E-state index in [-0.39, 0.29) is 5.97 Å². The molecule has 0 amide bonds. The van der Waals surface area contributed by atoms with Crippen molar-refractivity contribution < 1.29 is 9.53 Å². The van der Waals surface area contributed by atoms with Crippen molar-refractivity contribution in [2.75, 3.05) is 20.2 Å². The second-order valence-corrected chi connectivity index (χ2v) is 3.65. The van der Waals surface area contributed by atoms with Crippen molar-refractivity contribution in [2.24, 2.45) is 0 Å². The molecule has 3 nitrogen and oxygen atoms in total. The molecule has 0 heterocycles. The van der Waals surface area contributed by atoms with Crippen molar-refractivity contribution in [3.63, 3.8) is 0 Å². The lowest BCUT2D eigenvalue weighted by Gasteiger charge is -2.18. The minimum Gasteiger partial charge on any atom is -0.465 e. The maximum absolute atomic E-state index is 11.4. The van der Waals surface area contributed by atoms with Gasteiger partial charge < -0.3 is 4.74 Å². The van der Waals surface area contributed by atoms with Crippen molar-refractivity contribution >= 4 is 5.97 Å². The van der Waals surface area contributed by atoms with Crippen LogP contribution >= 0.6 is 0 Å². The minimum atomic E-state index is -0.276. The summed E-state index contributed by atoms with van der Waals surface area (Å²) in [4.78, 5) is 13.7. The van der Waals surface area contributed by atoms with Gasteiger partial charge in [-0.15, -0.1) is 0 Å². The van der Waals surface area contributed by atoms with Crippen LogP contribution in [0, 0.1) is 0 Å². The third-order valence-corrected chi connectivity index (χ3v) is 2.65. The number of carbonyl (C=O) groups is 1. The van der Waals surface area contributed by atoms with E-state index in [1.165, 1.54) is 7.11 Å². The Balaban J connectivity index is 2.78. The average Bonchev–Trinajstić information content (AvgIpc) is 2.35. The average molecular weight is 221 g/mol. The highest BCUT2D eigenvalue weighted by molar-refractivity contribution is 5.89. The van der Waals surface area contributed by atoms with E-state index in [0.29, 0.717) is 5.56 Å². The lowest BCUT2D eigenvalue weighted by molar-refractivity contribution is 0.0600. The molecule has 0 aliphatic rings. The number of carbonyl (C=O) groups excluding carboxylic acids is 1. The molecule has 0 N–H and O–H groups in total. The van der Waals surface area contributed by atoms with Crippen LogP contribution in [0.2, 0.25) is 0 Å². The predicted octanol–water partition coefficient (Wildman–Crippen LogP) is 2.32. The number of hydrogen-bond acceptors (Lipinski definition) is 3. The summed E-state index contributed by atoms with van der Waals surface area (Å²) >= 11 is 0. The van der Waals surface area contributed by atoms with Gasteiger partial charge in [0.05, 0.1) is 12.7 Å². The summed E-state index contributed by atoms with van der Waals surface area (Å²) in [6.07, 6.45) is 0. The summed E-state index contributed by atoms with van der Waals surface area (Å²) in [5, 5.41) is 0. The SMILES string of the molecule is CCN(CC)Cc1cccc(C(=O)OC)c1.